The summed E-state index contributed by atoms with van der Waals surface area (Å²) >= 11 is 5.15. The Morgan fingerprint density at radius 2 is 1.84 bits per heavy atom. The van der Waals surface area contributed by atoms with Gasteiger partial charge in [0.25, 0.3) is 11.6 Å². The van der Waals surface area contributed by atoms with E-state index in [1.807, 2.05) is 4.90 Å². The third-order valence-corrected chi connectivity index (χ3v) is 5.48. The molecule has 11 heteroatoms. The number of hydrogen-bond donors (Lipinski definition) is 4. The number of benzene rings is 2. The summed E-state index contributed by atoms with van der Waals surface area (Å²) in [6, 6.07) is 7.90. The third-order valence-electron chi connectivity index (χ3n) is 5.27. The van der Waals surface area contributed by atoms with Crippen molar-refractivity contribution in [3.8, 4) is 5.75 Å². The number of amides is 1. The van der Waals surface area contributed by atoms with Crippen molar-refractivity contribution in [2.75, 3.05) is 23.3 Å². The van der Waals surface area contributed by atoms with Gasteiger partial charge in [0, 0.05) is 37.0 Å². The molecule has 3 rings (SSSR count). The number of nitro groups is 1. The van der Waals surface area contributed by atoms with E-state index in [2.05, 4.69) is 17.6 Å². The van der Waals surface area contributed by atoms with Crippen molar-refractivity contribution in [2.45, 2.75) is 19.8 Å². The van der Waals surface area contributed by atoms with Crippen molar-refractivity contribution < 1.29 is 24.7 Å². The van der Waals surface area contributed by atoms with Gasteiger partial charge in [-0.15, -0.1) is 0 Å². The number of rotatable bonds is 5. The second-order valence-electron chi connectivity index (χ2n) is 7.57. The maximum atomic E-state index is 12.9. The summed E-state index contributed by atoms with van der Waals surface area (Å²) in [5, 5.41) is 35.1. The zero-order valence-electron chi connectivity index (χ0n) is 17.2. The summed E-state index contributed by atoms with van der Waals surface area (Å²) in [5.41, 5.74) is 0.496. The second-order valence-corrected chi connectivity index (χ2v) is 7.98. The van der Waals surface area contributed by atoms with E-state index in [0.29, 0.717) is 11.6 Å². The quantitative estimate of drug-likeness (QED) is 0.301. The van der Waals surface area contributed by atoms with Crippen LogP contribution in [0.15, 0.2) is 36.4 Å². The zero-order valence-corrected chi connectivity index (χ0v) is 18.0. The molecule has 0 spiro atoms. The first-order valence-corrected chi connectivity index (χ1v) is 10.3. The second kappa shape index (κ2) is 9.60. The number of nitrogens with zero attached hydrogens (tertiary/aromatic N) is 2. The molecule has 0 atom stereocenters. The monoisotopic (exact) mass is 458 g/mol. The van der Waals surface area contributed by atoms with Crippen LogP contribution >= 0.6 is 12.2 Å². The number of nitrogens with one attached hydrogen (secondary N) is 2. The topological polar surface area (TPSA) is 145 Å². The van der Waals surface area contributed by atoms with Gasteiger partial charge >= 0.3 is 5.97 Å². The van der Waals surface area contributed by atoms with Crippen LogP contribution in [0.4, 0.5) is 17.1 Å². The van der Waals surface area contributed by atoms with E-state index in [9.17, 15) is 24.8 Å². The smallest absolute Gasteiger partial charge is 0.339 e. The standard InChI is InChI=1S/C21H22N4O6S/c1-12-6-8-24(9-7-12)17-5-3-14(25(30)31)11-16(17)19(27)23-21(32)22-13-2-4-15(20(28)29)18(26)10-13/h2-5,10-12,26H,6-9H2,1H3,(H,28,29)(H2,22,23,27,32). The molecule has 10 nitrogen and oxygen atoms in total. The maximum Gasteiger partial charge on any atom is 0.339 e. The van der Waals surface area contributed by atoms with E-state index in [4.69, 9.17) is 17.3 Å². The lowest BCUT2D eigenvalue weighted by atomic mass is 9.98. The molecular weight excluding hydrogens is 436 g/mol. The average molecular weight is 458 g/mol. The molecule has 0 bridgehead atoms. The maximum absolute atomic E-state index is 12.9. The largest absolute Gasteiger partial charge is 0.507 e. The molecule has 0 saturated carbocycles. The summed E-state index contributed by atoms with van der Waals surface area (Å²) in [6.07, 6.45) is 1.90. The molecule has 1 fully saturated rings. The van der Waals surface area contributed by atoms with Crippen LogP contribution in [0, 0.1) is 16.0 Å². The Labute approximate surface area is 189 Å². The Bertz CT molecular complexity index is 1080. The molecule has 0 aliphatic carbocycles. The van der Waals surface area contributed by atoms with E-state index in [-0.39, 0.29) is 27.6 Å². The minimum atomic E-state index is -1.28. The van der Waals surface area contributed by atoms with Gasteiger partial charge in [-0.2, -0.15) is 0 Å². The highest BCUT2D eigenvalue weighted by Gasteiger charge is 2.24. The molecule has 0 radical (unpaired) electrons. The predicted molar refractivity (Wildman–Crippen MR) is 122 cm³/mol. The Kier molecular flexibility index (Phi) is 6.89. The summed E-state index contributed by atoms with van der Waals surface area (Å²) in [4.78, 5) is 36.6. The molecule has 168 valence electrons. The molecule has 1 aliphatic rings. The van der Waals surface area contributed by atoms with Gasteiger partial charge < -0.3 is 20.4 Å². The number of piperidine rings is 1. The normalized spacial score (nSPS) is 14.0. The molecule has 2 aromatic carbocycles. The molecule has 1 heterocycles. The SMILES string of the molecule is CC1CCN(c2ccc([N+](=O)[O-])cc2C(=O)NC(=S)Nc2ccc(C(=O)O)c(O)c2)CC1. The number of aromatic hydroxyl groups is 1. The van der Waals surface area contributed by atoms with Gasteiger partial charge in [-0.25, -0.2) is 4.79 Å². The molecule has 0 aromatic heterocycles. The summed E-state index contributed by atoms with van der Waals surface area (Å²) in [5.74, 6) is -1.79. The Morgan fingerprint density at radius 3 is 2.44 bits per heavy atom. The number of phenols is 1. The van der Waals surface area contributed by atoms with Crippen molar-refractivity contribution in [1.82, 2.24) is 5.32 Å². The third kappa shape index (κ3) is 5.30. The Morgan fingerprint density at radius 1 is 1.16 bits per heavy atom. The lowest BCUT2D eigenvalue weighted by Gasteiger charge is -2.33. The van der Waals surface area contributed by atoms with E-state index in [1.165, 1.54) is 24.3 Å². The summed E-state index contributed by atoms with van der Waals surface area (Å²) < 4.78 is 0. The van der Waals surface area contributed by atoms with E-state index in [1.54, 1.807) is 6.07 Å². The summed E-state index contributed by atoms with van der Waals surface area (Å²) in [7, 11) is 0. The van der Waals surface area contributed by atoms with Gasteiger partial charge in [0.05, 0.1) is 16.2 Å². The Hall–Kier alpha value is -3.73. The van der Waals surface area contributed by atoms with Crippen molar-refractivity contribution in [1.29, 1.82) is 0 Å². The molecule has 1 amide bonds. The van der Waals surface area contributed by atoms with Crippen LogP contribution in [0.2, 0.25) is 0 Å². The van der Waals surface area contributed by atoms with Crippen LogP contribution in [0.3, 0.4) is 0 Å². The van der Waals surface area contributed by atoms with Crippen LogP contribution in [0.5, 0.6) is 5.75 Å². The first-order chi connectivity index (χ1) is 15.2. The molecule has 1 aliphatic heterocycles. The molecule has 4 N–H and O–H groups in total. The van der Waals surface area contributed by atoms with Crippen LogP contribution < -0.4 is 15.5 Å². The molecule has 2 aromatic rings. The van der Waals surface area contributed by atoms with Crippen molar-refractivity contribution in [3.05, 3.63) is 57.6 Å². The van der Waals surface area contributed by atoms with Crippen molar-refractivity contribution >= 4 is 46.3 Å². The minimum absolute atomic E-state index is 0.109. The van der Waals surface area contributed by atoms with Gasteiger partial charge in [-0.1, -0.05) is 6.92 Å². The molecule has 32 heavy (non-hydrogen) atoms. The number of carboxylic acids is 1. The van der Waals surface area contributed by atoms with Crippen molar-refractivity contribution in [3.63, 3.8) is 0 Å². The molecular formula is C21H22N4O6S. The van der Waals surface area contributed by atoms with Crippen LogP contribution in [-0.4, -0.2) is 45.2 Å². The first-order valence-electron chi connectivity index (χ1n) is 9.87. The summed E-state index contributed by atoms with van der Waals surface area (Å²) in [6.45, 7) is 3.63. The number of carbonyl (C=O) groups is 2. The van der Waals surface area contributed by atoms with Crippen LogP contribution in [0.25, 0.3) is 0 Å². The van der Waals surface area contributed by atoms with Crippen LogP contribution in [0.1, 0.15) is 40.5 Å². The highest BCUT2D eigenvalue weighted by Crippen LogP contribution is 2.29. The fourth-order valence-electron chi connectivity index (χ4n) is 3.47. The number of non-ortho nitro benzene ring substituents is 1. The minimum Gasteiger partial charge on any atom is -0.507 e. The van der Waals surface area contributed by atoms with Gasteiger partial charge in [0.1, 0.15) is 11.3 Å². The highest BCUT2D eigenvalue weighted by atomic mass is 32.1. The number of aromatic carboxylic acids is 1. The number of nitro benzene ring substituents is 1. The number of anilines is 2. The number of hydrogen-bond acceptors (Lipinski definition) is 7. The number of carboxylic acid groups (broad SMARTS) is 1. The van der Waals surface area contributed by atoms with E-state index >= 15 is 0 Å². The average Bonchev–Trinajstić information content (AvgIpc) is 2.73. The van der Waals surface area contributed by atoms with Gasteiger partial charge in [-0.05, 0) is 49.2 Å². The molecule has 1 saturated heterocycles. The fraction of sp³-hybridized carbons (Fsp3) is 0.286. The Balaban J connectivity index is 1.79. The predicted octanol–water partition coefficient (Wildman–Crippen LogP) is 3.36. The van der Waals surface area contributed by atoms with Crippen molar-refractivity contribution in [2.24, 2.45) is 5.92 Å². The lowest BCUT2D eigenvalue weighted by Crippen LogP contribution is -2.37. The highest BCUT2D eigenvalue weighted by molar-refractivity contribution is 7.80. The van der Waals surface area contributed by atoms with Gasteiger partial charge in [0.2, 0.25) is 0 Å². The number of thiocarbonyl (C=S) groups is 1. The fourth-order valence-corrected chi connectivity index (χ4v) is 3.68. The number of carbonyl (C=O) groups excluding carboxylic acids is 1. The molecule has 0 unspecified atom stereocenters. The zero-order chi connectivity index (χ0) is 23.4. The van der Waals surface area contributed by atoms with Crippen LogP contribution in [-0.2, 0) is 0 Å². The van der Waals surface area contributed by atoms with Gasteiger partial charge in [0.15, 0.2) is 5.11 Å². The van der Waals surface area contributed by atoms with Gasteiger partial charge in [-0.3, -0.25) is 20.2 Å². The van der Waals surface area contributed by atoms with E-state index in [0.717, 1.165) is 32.0 Å². The first kappa shape index (κ1) is 22.9. The van der Waals surface area contributed by atoms with E-state index < -0.39 is 22.5 Å². The lowest BCUT2D eigenvalue weighted by molar-refractivity contribution is -0.384.